The summed E-state index contributed by atoms with van der Waals surface area (Å²) in [6, 6.07) is 13.8. The molecule has 0 fully saturated rings. The van der Waals surface area contributed by atoms with Gasteiger partial charge in [0.15, 0.2) is 17.5 Å². The summed E-state index contributed by atoms with van der Waals surface area (Å²) in [5.74, 6) is 2.97. The Balaban J connectivity index is 0.00000280. The van der Waals surface area contributed by atoms with Crippen LogP contribution in [0.15, 0.2) is 47.5 Å². The molecular weight excluding hydrogens is 469 g/mol. The van der Waals surface area contributed by atoms with Gasteiger partial charge in [0, 0.05) is 25.8 Å². The van der Waals surface area contributed by atoms with Gasteiger partial charge < -0.3 is 24.7 Å². The standard InChI is InChI=1S/C20H25N5O2.HI/c1-5-27-18-12-14(10-11-17(18)26-4)23-20(21-2)22-13-19-24-15-8-6-7-9-16(15)25(19)3;/h6-12H,5,13H2,1-4H3,(H2,21,22,23);1H. The second-order valence-electron chi connectivity index (χ2n) is 5.93. The predicted molar refractivity (Wildman–Crippen MR) is 124 cm³/mol. The first-order valence-electron chi connectivity index (χ1n) is 8.85. The highest BCUT2D eigenvalue weighted by atomic mass is 127. The first-order valence-corrected chi connectivity index (χ1v) is 8.85. The van der Waals surface area contributed by atoms with Crippen LogP contribution in [0.4, 0.5) is 5.69 Å². The third-order valence-electron chi connectivity index (χ3n) is 4.24. The molecule has 150 valence electrons. The van der Waals surface area contributed by atoms with Crippen LogP contribution in [0, 0.1) is 0 Å². The minimum atomic E-state index is 0. The number of hydrogen-bond donors (Lipinski definition) is 2. The molecule has 0 aliphatic carbocycles. The average molecular weight is 495 g/mol. The highest BCUT2D eigenvalue weighted by molar-refractivity contribution is 14.0. The molecule has 0 saturated carbocycles. The van der Waals surface area contributed by atoms with Crippen molar-refractivity contribution in [3.63, 3.8) is 0 Å². The van der Waals surface area contributed by atoms with E-state index >= 15 is 0 Å². The Morgan fingerprint density at radius 1 is 1.18 bits per heavy atom. The van der Waals surface area contributed by atoms with E-state index in [-0.39, 0.29) is 24.0 Å². The molecule has 8 heteroatoms. The molecule has 0 saturated heterocycles. The van der Waals surface area contributed by atoms with Crippen LogP contribution >= 0.6 is 24.0 Å². The Kier molecular flexibility index (Phi) is 7.91. The van der Waals surface area contributed by atoms with Gasteiger partial charge in [0.05, 0.1) is 31.3 Å². The quantitative estimate of drug-likeness (QED) is 0.310. The van der Waals surface area contributed by atoms with Crippen LogP contribution < -0.4 is 20.1 Å². The summed E-state index contributed by atoms with van der Waals surface area (Å²) in [6.45, 7) is 3.07. The number of fused-ring (bicyclic) bond motifs is 1. The number of rotatable bonds is 6. The van der Waals surface area contributed by atoms with E-state index in [0.29, 0.717) is 30.6 Å². The SMILES string of the molecule is CCOc1cc(NC(=NC)NCc2nc3ccccc3n2C)ccc1OC.I. The Labute approximate surface area is 182 Å². The fourth-order valence-corrected chi connectivity index (χ4v) is 2.85. The van der Waals surface area contributed by atoms with Crippen molar-refractivity contribution in [1.82, 2.24) is 14.9 Å². The maximum absolute atomic E-state index is 5.62. The van der Waals surface area contributed by atoms with E-state index in [1.54, 1.807) is 14.2 Å². The maximum atomic E-state index is 5.62. The van der Waals surface area contributed by atoms with Crippen molar-refractivity contribution in [1.29, 1.82) is 0 Å². The van der Waals surface area contributed by atoms with E-state index in [9.17, 15) is 0 Å². The average Bonchev–Trinajstić information content (AvgIpc) is 3.01. The number of anilines is 1. The minimum Gasteiger partial charge on any atom is -0.493 e. The highest BCUT2D eigenvalue weighted by Gasteiger charge is 2.09. The van der Waals surface area contributed by atoms with E-state index in [1.807, 2.05) is 50.4 Å². The van der Waals surface area contributed by atoms with Crippen molar-refractivity contribution >= 4 is 46.7 Å². The fraction of sp³-hybridized carbons (Fsp3) is 0.300. The van der Waals surface area contributed by atoms with Crippen LogP contribution in [-0.4, -0.2) is 36.3 Å². The second kappa shape index (κ2) is 10.2. The Morgan fingerprint density at radius 2 is 1.96 bits per heavy atom. The number of hydrogen-bond acceptors (Lipinski definition) is 4. The maximum Gasteiger partial charge on any atom is 0.195 e. The number of nitrogens with zero attached hydrogens (tertiary/aromatic N) is 3. The Morgan fingerprint density at radius 3 is 2.64 bits per heavy atom. The molecule has 0 amide bonds. The lowest BCUT2D eigenvalue weighted by atomic mass is 10.2. The molecule has 7 nitrogen and oxygen atoms in total. The van der Waals surface area contributed by atoms with Gasteiger partial charge in [-0.3, -0.25) is 4.99 Å². The largest absolute Gasteiger partial charge is 0.493 e. The van der Waals surface area contributed by atoms with Crippen LogP contribution in [0.3, 0.4) is 0 Å². The van der Waals surface area contributed by atoms with Gasteiger partial charge in [-0.2, -0.15) is 0 Å². The summed E-state index contributed by atoms with van der Waals surface area (Å²) in [7, 11) is 5.37. The van der Waals surface area contributed by atoms with Crippen LogP contribution in [-0.2, 0) is 13.6 Å². The van der Waals surface area contributed by atoms with Crippen molar-refractivity contribution in [2.45, 2.75) is 13.5 Å². The molecule has 0 atom stereocenters. The summed E-state index contributed by atoms with van der Waals surface area (Å²) < 4.78 is 13.0. The smallest absolute Gasteiger partial charge is 0.195 e. The first-order chi connectivity index (χ1) is 13.2. The summed E-state index contributed by atoms with van der Waals surface area (Å²) in [5, 5.41) is 6.57. The van der Waals surface area contributed by atoms with Gasteiger partial charge in [-0.25, -0.2) is 4.98 Å². The van der Waals surface area contributed by atoms with Gasteiger partial charge >= 0.3 is 0 Å². The van der Waals surface area contributed by atoms with Gasteiger partial charge in [0.1, 0.15) is 5.82 Å². The third-order valence-corrected chi connectivity index (χ3v) is 4.24. The van der Waals surface area contributed by atoms with Gasteiger partial charge in [0.2, 0.25) is 0 Å². The molecule has 1 aromatic heterocycles. The van der Waals surface area contributed by atoms with Gasteiger partial charge in [0.25, 0.3) is 0 Å². The number of methoxy groups -OCH3 is 1. The van der Waals surface area contributed by atoms with Crippen LogP contribution in [0.1, 0.15) is 12.7 Å². The van der Waals surface area contributed by atoms with Crippen LogP contribution in [0.25, 0.3) is 11.0 Å². The van der Waals surface area contributed by atoms with E-state index in [1.165, 1.54) is 0 Å². The van der Waals surface area contributed by atoms with Crippen molar-refractivity contribution < 1.29 is 9.47 Å². The summed E-state index contributed by atoms with van der Waals surface area (Å²) in [4.78, 5) is 8.95. The van der Waals surface area contributed by atoms with E-state index in [0.717, 1.165) is 22.5 Å². The third kappa shape index (κ3) is 4.86. The topological polar surface area (TPSA) is 72.7 Å². The number of imidazole rings is 1. The lowest BCUT2D eigenvalue weighted by molar-refractivity contribution is 0.311. The number of guanidine groups is 1. The van der Waals surface area contributed by atoms with Crippen molar-refractivity contribution in [3.8, 4) is 11.5 Å². The van der Waals surface area contributed by atoms with E-state index in [2.05, 4.69) is 31.2 Å². The predicted octanol–water partition coefficient (Wildman–Crippen LogP) is 3.79. The number of benzene rings is 2. The lowest BCUT2D eigenvalue weighted by Gasteiger charge is -2.14. The van der Waals surface area contributed by atoms with E-state index < -0.39 is 0 Å². The van der Waals surface area contributed by atoms with Gasteiger partial charge in [-0.15, -0.1) is 24.0 Å². The van der Waals surface area contributed by atoms with Crippen molar-refractivity contribution in [3.05, 3.63) is 48.3 Å². The van der Waals surface area contributed by atoms with Crippen LogP contribution in [0.2, 0.25) is 0 Å². The zero-order valence-corrected chi connectivity index (χ0v) is 18.9. The molecule has 2 aromatic carbocycles. The molecule has 1 heterocycles. The normalized spacial score (nSPS) is 11.1. The molecule has 0 bridgehead atoms. The molecule has 0 unspecified atom stereocenters. The number of halogens is 1. The molecule has 0 spiro atoms. The fourth-order valence-electron chi connectivity index (χ4n) is 2.85. The molecule has 28 heavy (non-hydrogen) atoms. The molecular formula is C20H26IN5O2. The van der Waals surface area contributed by atoms with Crippen molar-refractivity contribution in [2.75, 3.05) is 26.1 Å². The minimum absolute atomic E-state index is 0. The molecule has 3 rings (SSSR count). The summed E-state index contributed by atoms with van der Waals surface area (Å²) in [6.07, 6.45) is 0. The number of aromatic nitrogens is 2. The monoisotopic (exact) mass is 495 g/mol. The van der Waals surface area contributed by atoms with Crippen LogP contribution in [0.5, 0.6) is 11.5 Å². The molecule has 2 N–H and O–H groups in total. The molecule has 0 aliphatic heterocycles. The Bertz CT molecular complexity index is 955. The second-order valence-corrected chi connectivity index (χ2v) is 5.93. The van der Waals surface area contributed by atoms with Gasteiger partial charge in [-0.1, -0.05) is 12.1 Å². The van der Waals surface area contributed by atoms with Gasteiger partial charge in [-0.05, 0) is 31.2 Å². The molecule has 0 aliphatic rings. The summed E-state index contributed by atoms with van der Waals surface area (Å²) >= 11 is 0. The highest BCUT2D eigenvalue weighted by Crippen LogP contribution is 2.30. The lowest BCUT2D eigenvalue weighted by Crippen LogP contribution is -2.31. The van der Waals surface area contributed by atoms with Crippen molar-refractivity contribution in [2.24, 2.45) is 12.0 Å². The Hall–Kier alpha value is -2.49. The number of para-hydroxylation sites is 2. The summed E-state index contributed by atoms with van der Waals surface area (Å²) in [5.41, 5.74) is 2.95. The first kappa shape index (κ1) is 21.8. The zero-order valence-electron chi connectivity index (χ0n) is 16.5. The molecule has 0 radical (unpaired) electrons. The number of aryl methyl sites for hydroxylation is 1. The number of ether oxygens (including phenoxy) is 2. The number of nitrogens with one attached hydrogen (secondary N) is 2. The zero-order chi connectivity index (χ0) is 19.2. The number of aliphatic imine (C=N–C) groups is 1. The van der Waals surface area contributed by atoms with E-state index in [4.69, 9.17) is 9.47 Å². The molecule has 3 aromatic rings.